The highest BCUT2D eigenvalue weighted by molar-refractivity contribution is 5.79. The lowest BCUT2D eigenvalue weighted by molar-refractivity contribution is -0.122. The van der Waals surface area contributed by atoms with E-state index in [9.17, 15) is 4.79 Å². The van der Waals surface area contributed by atoms with E-state index in [0.717, 1.165) is 19.5 Å². The van der Waals surface area contributed by atoms with E-state index >= 15 is 0 Å². The van der Waals surface area contributed by atoms with Crippen molar-refractivity contribution < 1.29 is 4.79 Å². The van der Waals surface area contributed by atoms with Crippen LogP contribution >= 0.6 is 0 Å². The fraction of sp³-hybridized carbons (Fsp3) is 0.875. The van der Waals surface area contributed by atoms with E-state index in [-0.39, 0.29) is 11.9 Å². The van der Waals surface area contributed by atoms with Gasteiger partial charge in [0.15, 0.2) is 0 Å². The zero-order valence-electron chi connectivity index (χ0n) is 7.92. The highest BCUT2D eigenvalue weighted by atomic mass is 16.1. The van der Waals surface area contributed by atoms with Crippen molar-refractivity contribution in [1.82, 2.24) is 4.90 Å². The lowest BCUT2D eigenvalue weighted by Gasteiger charge is -2.24. The minimum Gasteiger partial charge on any atom is -0.368 e. The second-order valence-electron chi connectivity index (χ2n) is 2.85. The predicted molar refractivity (Wildman–Crippen MR) is 49.6 cm³/mol. The van der Waals surface area contributed by atoms with E-state index in [2.05, 4.69) is 0 Å². The Kier molecular flexibility index (Phi) is 5.66. The minimum atomic E-state index is -0.270. The largest absolute Gasteiger partial charge is 0.368 e. The summed E-state index contributed by atoms with van der Waals surface area (Å²) in [6.07, 6.45) is 0.908. The topological polar surface area (TPSA) is 72.3 Å². The molecule has 72 valence electrons. The summed E-state index contributed by atoms with van der Waals surface area (Å²) < 4.78 is 0. The molecule has 0 saturated carbocycles. The first-order chi connectivity index (χ1) is 5.63. The van der Waals surface area contributed by atoms with E-state index in [0.29, 0.717) is 6.54 Å². The van der Waals surface area contributed by atoms with Crippen LogP contribution in [-0.2, 0) is 4.79 Å². The molecule has 0 bridgehead atoms. The van der Waals surface area contributed by atoms with Crippen LogP contribution in [0.15, 0.2) is 0 Å². The molecule has 1 amide bonds. The lowest BCUT2D eigenvalue weighted by atomic mass is 10.2. The van der Waals surface area contributed by atoms with Gasteiger partial charge in [0, 0.05) is 6.54 Å². The molecule has 4 N–H and O–H groups in total. The molecule has 0 aliphatic carbocycles. The number of hydrogen-bond donors (Lipinski definition) is 2. The predicted octanol–water partition coefficient (Wildman–Crippen LogP) is -0.469. The maximum absolute atomic E-state index is 10.8. The molecule has 0 fully saturated rings. The van der Waals surface area contributed by atoms with Crippen LogP contribution < -0.4 is 11.5 Å². The molecule has 0 spiro atoms. The molecule has 0 aromatic heterocycles. The molecular weight excluding hydrogens is 154 g/mol. The standard InChI is InChI=1S/C8H19N3O/c1-3-11(6-4-5-9)7(2)8(10)12/h7H,3-6,9H2,1-2H3,(H2,10,12). The molecule has 12 heavy (non-hydrogen) atoms. The van der Waals surface area contributed by atoms with E-state index in [1.54, 1.807) is 0 Å². The molecule has 0 aliphatic rings. The number of carbonyl (C=O) groups excluding carboxylic acids is 1. The maximum atomic E-state index is 10.8. The third-order valence-electron chi connectivity index (χ3n) is 2.02. The van der Waals surface area contributed by atoms with Crippen molar-refractivity contribution in [3.63, 3.8) is 0 Å². The summed E-state index contributed by atoms with van der Waals surface area (Å²) >= 11 is 0. The van der Waals surface area contributed by atoms with Crippen LogP contribution in [0.2, 0.25) is 0 Å². The number of nitrogens with zero attached hydrogens (tertiary/aromatic N) is 1. The molecule has 0 heterocycles. The van der Waals surface area contributed by atoms with Crippen molar-refractivity contribution in [2.45, 2.75) is 26.3 Å². The molecule has 0 aromatic carbocycles. The third kappa shape index (κ3) is 3.69. The van der Waals surface area contributed by atoms with E-state index in [1.807, 2.05) is 18.7 Å². The Bertz CT molecular complexity index is 138. The van der Waals surface area contributed by atoms with Gasteiger partial charge < -0.3 is 11.5 Å². The Hall–Kier alpha value is -0.610. The summed E-state index contributed by atoms with van der Waals surface area (Å²) in [6.45, 7) is 6.17. The second-order valence-corrected chi connectivity index (χ2v) is 2.85. The number of rotatable bonds is 6. The van der Waals surface area contributed by atoms with Gasteiger partial charge in [0.1, 0.15) is 0 Å². The number of primary amides is 1. The normalized spacial score (nSPS) is 13.3. The Morgan fingerprint density at radius 3 is 2.50 bits per heavy atom. The average Bonchev–Trinajstić information content (AvgIpc) is 2.05. The molecule has 0 aromatic rings. The van der Waals surface area contributed by atoms with Crippen LogP contribution in [0.4, 0.5) is 0 Å². The van der Waals surface area contributed by atoms with Crippen molar-refractivity contribution in [1.29, 1.82) is 0 Å². The number of likely N-dealkylation sites (N-methyl/N-ethyl adjacent to an activating group) is 1. The van der Waals surface area contributed by atoms with Gasteiger partial charge in [-0.25, -0.2) is 0 Å². The smallest absolute Gasteiger partial charge is 0.234 e. The summed E-state index contributed by atoms with van der Waals surface area (Å²) in [5.41, 5.74) is 10.5. The van der Waals surface area contributed by atoms with Crippen LogP contribution in [0.1, 0.15) is 20.3 Å². The van der Waals surface area contributed by atoms with Gasteiger partial charge in [0.2, 0.25) is 5.91 Å². The molecule has 4 heteroatoms. The van der Waals surface area contributed by atoms with Gasteiger partial charge in [-0.3, -0.25) is 9.69 Å². The summed E-state index contributed by atoms with van der Waals surface area (Å²) in [7, 11) is 0. The first-order valence-corrected chi connectivity index (χ1v) is 4.36. The molecule has 0 rings (SSSR count). The summed E-state index contributed by atoms with van der Waals surface area (Å²) in [5, 5.41) is 0. The van der Waals surface area contributed by atoms with Crippen LogP contribution in [0.3, 0.4) is 0 Å². The van der Waals surface area contributed by atoms with Gasteiger partial charge in [0.05, 0.1) is 6.04 Å². The number of amides is 1. The van der Waals surface area contributed by atoms with Crippen molar-refractivity contribution in [3.8, 4) is 0 Å². The van der Waals surface area contributed by atoms with Crippen molar-refractivity contribution >= 4 is 5.91 Å². The molecule has 4 nitrogen and oxygen atoms in total. The molecule has 1 unspecified atom stereocenters. The summed E-state index contributed by atoms with van der Waals surface area (Å²) in [6, 6.07) is -0.179. The van der Waals surface area contributed by atoms with E-state index in [4.69, 9.17) is 11.5 Å². The fourth-order valence-corrected chi connectivity index (χ4v) is 1.10. The number of nitrogens with two attached hydrogens (primary N) is 2. The van der Waals surface area contributed by atoms with Crippen LogP contribution in [0.5, 0.6) is 0 Å². The zero-order chi connectivity index (χ0) is 9.56. The molecule has 0 saturated heterocycles. The van der Waals surface area contributed by atoms with Crippen molar-refractivity contribution in [3.05, 3.63) is 0 Å². The maximum Gasteiger partial charge on any atom is 0.234 e. The van der Waals surface area contributed by atoms with Gasteiger partial charge >= 0.3 is 0 Å². The van der Waals surface area contributed by atoms with Crippen molar-refractivity contribution in [2.75, 3.05) is 19.6 Å². The van der Waals surface area contributed by atoms with Gasteiger partial charge in [0.25, 0.3) is 0 Å². The monoisotopic (exact) mass is 173 g/mol. The fourth-order valence-electron chi connectivity index (χ4n) is 1.10. The minimum absolute atomic E-state index is 0.179. The molecule has 1 atom stereocenters. The SMILES string of the molecule is CCN(CCCN)C(C)C(N)=O. The third-order valence-corrected chi connectivity index (χ3v) is 2.02. The Labute approximate surface area is 73.9 Å². The summed E-state index contributed by atoms with van der Waals surface area (Å²) in [5.74, 6) is -0.270. The van der Waals surface area contributed by atoms with Gasteiger partial charge in [-0.2, -0.15) is 0 Å². The average molecular weight is 173 g/mol. The van der Waals surface area contributed by atoms with Crippen molar-refractivity contribution in [2.24, 2.45) is 11.5 Å². The molecule has 0 radical (unpaired) electrons. The molecular formula is C8H19N3O. The highest BCUT2D eigenvalue weighted by Gasteiger charge is 2.15. The van der Waals surface area contributed by atoms with E-state index < -0.39 is 0 Å². The highest BCUT2D eigenvalue weighted by Crippen LogP contribution is 1.98. The van der Waals surface area contributed by atoms with Crippen LogP contribution in [0, 0.1) is 0 Å². The zero-order valence-corrected chi connectivity index (χ0v) is 7.92. The van der Waals surface area contributed by atoms with Gasteiger partial charge in [-0.1, -0.05) is 6.92 Å². The first-order valence-electron chi connectivity index (χ1n) is 4.36. The Balaban J connectivity index is 3.87. The Morgan fingerprint density at radius 2 is 2.17 bits per heavy atom. The van der Waals surface area contributed by atoms with Gasteiger partial charge in [-0.05, 0) is 26.4 Å². The summed E-state index contributed by atoms with van der Waals surface area (Å²) in [4.78, 5) is 12.8. The second kappa shape index (κ2) is 5.97. The van der Waals surface area contributed by atoms with E-state index in [1.165, 1.54) is 0 Å². The number of hydrogen-bond acceptors (Lipinski definition) is 3. The molecule has 0 aliphatic heterocycles. The number of carbonyl (C=O) groups is 1. The first kappa shape index (κ1) is 11.4. The quantitative estimate of drug-likeness (QED) is 0.570. The lowest BCUT2D eigenvalue weighted by Crippen LogP contribution is -2.43. The Morgan fingerprint density at radius 1 is 1.58 bits per heavy atom. The van der Waals surface area contributed by atoms with Gasteiger partial charge in [-0.15, -0.1) is 0 Å². The van der Waals surface area contributed by atoms with Crippen LogP contribution in [0.25, 0.3) is 0 Å². The van der Waals surface area contributed by atoms with Crippen LogP contribution in [-0.4, -0.2) is 36.5 Å².